The van der Waals surface area contributed by atoms with Gasteiger partial charge in [-0.3, -0.25) is 14.7 Å². The summed E-state index contributed by atoms with van der Waals surface area (Å²) in [6.07, 6.45) is 4.24. The Bertz CT molecular complexity index is 1140. The van der Waals surface area contributed by atoms with Crippen LogP contribution in [0.4, 0.5) is 4.39 Å². The van der Waals surface area contributed by atoms with Gasteiger partial charge in [0, 0.05) is 50.6 Å². The van der Waals surface area contributed by atoms with Crippen LogP contribution in [-0.2, 0) is 17.9 Å². The minimum atomic E-state index is -0.331. The third-order valence-electron chi connectivity index (χ3n) is 6.34. The number of methoxy groups -OCH3 is 2. The molecule has 8 heteroatoms. The van der Waals surface area contributed by atoms with Crippen LogP contribution in [0, 0.1) is 17.7 Å². The van der Waals surface area contributed by atoms with Gasteiger partial charge in [-0.15, -0.1) is 0 Å². The number of nitrogens with zero attached hydrogens (tertiary/aromatic N) is 2. The molecule has 0 radical (unpaired) electrons. The topological polar surface area (TPSA) is 72.9 Å². The van der Waals surface area contributed by atoms with Crippen LogP contribution in [0.15, 0.2) is 67.0 Å². The first-order chi connectivity index (χ1) is 17.5. The Balaban J connectivity index is 1.41. The van der Waals surface area contributed by atoms with Crippen molar-refractivity contribution in [2.45, 2.75) is 19.5 Å². The Morgan fingerprint density at radius 3 is 2.58 bits per heavy atom. The van der Waals surface area contributed by atoms with Crippen LogP contribution < -0.4 is 19.5 Å². The monoisotopic (exact) mass is 493 g/mol. The highest BCUT2D eigenvalue weighted by Gasteiger charge is 2.32. The maximum Gasteiger partial charge on any atom is 0.224 e. The highest BCUT2D eigenvalue weighted by molar-refractivity contribution is 5.79. The first-order valence-corrected chi connectivity index (χ1v) is 12.0. The zero-order chi connectivity index (χ0) is 25.3. The smallest absolute Gasteiger partial charge is 0.224 e. The van der Waals surface area contributed by atoms with E-state index in [9.17, 15) is 9.18 Å². The van der Waals surface area contributed by atoms with E-state index in [-0.39, 0.29) is 23.6 Å². The van der Waals surface area contributed by atoms with Crippen LogP contribution >= 0.6 is 0 Å². The number of hydrogen-bond donors (Lipinski definition) is 1. The van der Waals surface area contributed by atoms with Crippen LogP contribution in [0.3, 0.4) is 0 Å². The molecule has 1 aromatic heterocycles. The normalized spacial score (nSPS) is 17.9. The summed E-state index contributed by atoms with van der Waals surface area (Å²) in [5, 5.41) is 3.08. The molecule has 0 bridgehead atoms. The molecule has 1 aliphatic heterocycles. The SMILES string of the molecule is COc1ccc(CNC(=O)[C@@H]2C[C@H](COc3cccc(F)c3)CN(Cc3ccncc3)C2)cc1OC. The van der Waals surface area contributed by atoms with Crippen molar-refractivity contribution >= 4 is 5.91 Å². The zero-order valence-electron chi connectivity index (χ0n) is 20.7. The number of hydrogen-bond acceptors (Lipinski definition) is 6. The van der Waals surface area contributed by atoms with Crippen molar-refractivity contribution in [2.24, 2.45) is 11.8 Å². The van der Waals surface area contributed by atoms with E-state index in [0.29, 0.717) is 43.4 Å². The summed E-state index contributed by atoms with van der Waals surface area (Å²) in [5.41, 5.74) is 2.07. The molecule has 190 valence electrons. The zero-order valence-corrected chi connectivity index (χ0v) is 20.7. The van der Waals surface area contributed by atoms with Crippen molar-refractivity contribution in [3.8, 4) is 17.2 Å². The molecule has 4 rings (SSSR count). The lowest BCUT2D eigenvalue weighted by Gasteiger charge is -2.37. The van der Waals surface area contributed by atoms with Gasteiger partial charge in [0.15, 0.2) is 11.5 Å². The second-order valence-corrected chi connectivity index (χ2v) is 9.02. The predicted octanol–water partition coefficient (Wildman–Crippen LogP) is 4.07. The quantitative estimate of drug-likeness (QED) is 0.459. The summed E-state index contributed by atoms with van der Waals surface area (Å²) in [7, 11) is 3.18. The number of amides is 1. The summed E-state index contributed by atoms with van der Waals surface area (Å²) in [6, 6.07) is 15.7. The fourth-order valence-corrected chi connectivity index (χ4v) is 4.58. The Morgan fingerprint density at radius 1 is 1.03 bits per heavy atom. The number of likely N-dealkylation sites (tertiary alicyclic amines) is 1. The molecule has 1 fully saturated rings. The van der Waals surface area contributed by atoms with Crippen LogP contribution in [-0.4, -0.2) is 49.7 Å². The molecular weight excluding hydrogens is 461 g/mol. The van der Waals surface area contributed by atoms with E-state index in [4.69, 9.17) is 14.2 Å². The molecule has 0 saturated carbocycles. The first-order valence-electron chi connectivity index (χ1n) is 12.0. The van der Waals surface area contributed by atoms with Gasteiger partial charge < -0.3 is 19.5 Å². The average molecular weight is 494 g/mol. The molecule has 3 aromatic rings. The number of piperidine rings is 1. The summed E-state index contributed by atoms with van der Waals surface area (Å²) in [5.74, 6) is 1.37. The minimum absolute atomic E-state index is 0.0000289. The molecule has 1 saturated heterocycles. The molecule has 1 N–H and O–H groups in total. The fourth-order valence-electron chi connectivity index (χ4n) is 4.58. The number of aromatic nitrogens is 1. The molecule has 2 aromatic carbocycles. The number of carbonyl (C=O) groups excluding carboxylic acids is 1. The van der Waals surface area contributed by atoms with Gasteiger partial charge in [-0.1, -0.05) is 12.1 Å². The first kappa shape index (κ1) is 25.4. The lowest BCUT2D eigenvalue weighted by atomic mass is 9.88. The molecule has 36 heavy (non-hydrogen) atoms. The summed E-state index contributed by atoms with van der Waals surface area (Å²) < 4.78 is 30.1. The van der Waals surface area contributed by atoms with E-state index in [2.05, 4.69) is 15.2 Å². The van der Waals surface area contributed by atoms with E-state index in [1.165, 1.54) is 12.1 Å². The number of benzene rings is 2. The summed E-state index contributed by atoms with van der Waals surface area (Å²) in [6.45, 7) is 2.96. The van der Waals surface area contributed by atoms with E-state index in [1.54, 1.807) is 38.7 Å². The highest BCUT2D eigenvalue weighted by atomic mass is 19.1. The molecule has 2 atom stereocenters. The van der Waals surface area contributed by atoms with Gasteiger partial charge >= 0.3 is 0 Å². The number of ether oxygens (including phenoxy) is 3. The van der Waals surface area contributed by atoms with Crippen LogP contribution in [0.5, 0.6) is 17.2 Å². The average Bonchev–Trinajstić information content (AvgIpc) is 2.91. The van der Waals surface area contributed by atoms with Gasteiger partial charge in [0.25, 0.3) is 0 Å². The molecule has 2 heterocycles. The van der Waals surface area contributed by atoms with Gasteiger partial charge in [0.1, 0.15) is 11.6 Å². The Kier molecular flexibility index (Phi) is 8.73. The number of carbonyl (C=O) groups is 1. The number of rotatable bonds is 10. The Morgan fingerprint density at radius 2 is 1.83 bits per heavy atom. The molecule has 1 aliphatic rings. The Labute approximate surface area is 211 Å². The van der Waals surface area contributed by atoms with Crippen LogP contribution in [0.2, 0.25) is 0 Å². The lowest BCUT2D eigenvalue weighted by Crippen LogP contribution is -2.47. The standard InChI is InChI=1S/C28H32FN3O4/c1-34-26-7-6-21(13-27(26)35-2)15-31-28(33)23-12-22(19-36-25-5-3-4-24(29)14-25)17-32(18-23)16-20-8-10-30-11-9-20/h3-11,13-14,22-23H,12,15-19H2,1-2H3,(H,31,33)/t22-,23+/m0/s1. The summed E-state index contributed by atoms with van der Waals surface area (Å²) >= 11 is 0. The van der Waals surface area contributed by atoms with Gasteiger partial charge in [0.2, 0.25) is 5.91 Å². The van der Waals surface area contributed by atoms with Crippen molar-refractivity contribution in [3.63, 3.8) is 0 Å². The van der Waals surface area contributed by atoms with Crippen molar-refractivity contribution < 1.29 is 23.4 Å². The second-order valence-electron chi connectivity index (χ2n) is 9.02. The second kappa shape index (κ2) is 12.4. The van der Waals surface area contributed by atoms with E-state index < -0.39 is 0 Å². The van der Waals surface area contributed by atoms with Crippen LogP contribution in [0.1, 0.15) is 17.5 Å². The molecule has 0 aliphatic carbocycles. The maximum absolute atomic E-state index is 13.6. The van der Waals surface area contributed by atoms with Crippen molar-refractivity contribution in [1.29, 1.82) is 0 Å². The Hall–Kier alpha value is -3.65. The predicted molar refractivity (Wildman–Crippen MR) is 134 cm³/mol. The largest absolute Gasteiger partial charge is 0.493 e. The van der Waals surface area contributed by atoms with Crippen molar-refractivity contribution in [3.05, 3.63) is 83.9 Å². The summed E-state index contributed by atoms with van der Waals surface area (Å²) in [4.78, 5) is 19.6. The molecular formula is C28H32FN3O4. The van der Waals surface area contributed by atoms with Crippen molar-refractivity contribution in [1.82, 2.24) is 15.2 Å². The highest BCUT2D eigenvalue weighted by Crippen LogP contribution is 2.28. The fraction of sp³-hybridized carbons (Fsp3) is 0.357. The lowest BCUT2D eigenvalue weighted by molar-refractivity contribution is -0.128. The third-order valence-corrected chi connectivity index (χ3v) is 6.34. The van der Waals surface area contributed by atoms with Gasteiger partial charge in [-0.2, -0.15) is 0 Å². The van der Waals surface area contributed by atoms with Gasteiger partial charge in [-0.05, 0) is 53.9 Å². The van der Waals surface area contributed by atoms with E-state index in [0.717, 1.165) is 24.2 Å². The van der Waals surface area contributed by atoms with E-state index >= 15 is 0 Å². The van der Waals surface area contributed by atoms with E-state index in [1.807, 2.05) is 30.3 Å². The molecule has 0 unspecified atom stereocenters. The minimum Gasteiger partial charge on any atom is -0.493 e. The van der Waals surface area contributed by atoms with Gasteiger partial charge in [0.05, 0.1) is 26.7 Å². The third kappa shape index (κ3) is 6.95. The molecule has 7 nitrogen and oxygen atoms in total. The molecule has 0 spiro atoms. The maximum atomic E-state index is 13.6. The van der Waals surface area contributed by atoms with Crippen LogP contribution in [0.25, 0.3) is 0 Å². The van der Waals surface area contributed by atoms with Crippen molar-refractivity contribution in [2.75, 3.05) is 33.9 Å². The number of halogens is 1. The molecule has 1 amide bonds. The number of pyridine rings is 1. The number of nitrogens with one attached hydrogen (secondary N) is 1. The van der Waals surface area contributed by atoms with Gasteiger partial charge in [-0.25, -0.2) is 4.39 Å².